The van der Waals surface area contributed by atoms with Gasteiger partial charge in [0.2, 0.25) is 0 Å². The number of anilines is 1. The lowest BCUT2D eigenvalue weighted by Gasteiger charge is -2.04. The smallest absolute Gasteiger partial charge is 0.361 e. The van der Waals surface area contributed by atoms with Gasteiger partial charge in [0.1, 0.15) is 11.6 Å². The van der Waals surface area contributed by atoms with Crippen LogP contribution < -0.4 is 5.32 Å². The summed E-state index contributed by atoms with van der Waals surface area (Å²) in [6.45, 7) is 3.76. The normalized spacial score (nSPS) is 11.0. The molecule has 0 radical (unpaired) electrons. The van der Waals surface area contributed by atoms with E-state index >= 15 is 0 Å². The maximum Gasteiger partial charge on any atom is 0.390 e. The zero-order valence-corrected chi connectivity index (χ0v) is 19.0. The summed E-state index contributed by atoms with van der Waals surface area (Å²) in [5.41, 5.74) is 1.85. The average molecular weight is 518 g/mol. The molecule has 4 aromatic rings. The Labute approximate surface area is 194 Å². The van der Waals surface area contributed by atoms with Gasteiger partial charge >= 0.3 is 5.82 Å². The molecule has 33 heavy (non-hydrogen) atoms. The summed E-state index contributed by atoms with van der Waals surface area (Å²) < 4.78 is 21.8. The van der Waals surface area contributed by atoms with Gasteiger partial charge in [-0.1, -0.05) is 17.3 Å². The first-order chi connectivity index (χ1) is 15.7. The monoisotopic (exact) mass is 517 g/mol. The number of hydrogen-bond acceptors (Lipinski definition) is 7. The lowest BCUT2D eigenvalue weighted by molar-refractivity contribution is -0.389. The minimum atomic E-state index is -0.586. The molecule has 0 fully saturated rings. The van der Waals surface area contributed by atoms with Crippen molar-refractivity contribution in [3.63, 3.8) is 0 Å². The van der Waals surface area contributed by atoms with Gasteiger partial charge in [-0.05, 0) is 52.4 Å². The van der Waals surface area contributed by atoms with Crippen molar-refractivity contribution in [2.75, 3.05) is 5.32 Å². The molecule has 0 atom stereocenters. The number of nitro groups is 1. The first-order valence-electron chi connectivity index (χ1n) is 9.64. The van der Waals surface area contributed by atoms with Crippen LogP contribution in [0.1, 0.15) is 33.1 Å². The van der Waals surface area contributed by atoms with Gasteiger partial charge < -0.3 is 20.0 Å². The highest BCUT2D eigenvalue weighted by atomic mass is 79.9. The van der Waals surface area contributed by atoms with Crippen LogP contribution in [-0.2, 0) is 13.1 Å². The first-order valence-corrected chi connectivity index (χ1v) is 10.4. The Kier molecular flexibility index (Phi) is 6.05. The predicted molar refractivity (Wildman–Crippen MR) is 117 cm³/mol. The molecule has 1 amide bonds. The Morgan fingerprint density at radius 1 is 1.24 bits per heavy atom. The first kappa shape index (κ1) is 22.3. The van der Waals surface area contributed by atoms with Gasteiger partial charge in [-0.3, -0.25) is 9.48 Å². The van der Waals surface area contributed by atoms with Crippen LogP contribution in [-0.4, -0.2) is 35.5 Å². The van der Waals surface area contributed by atoms with Crippen molar-refractivity contribution in [3.8, 4) is 0 Å². The molecule has 0 aliphatic carbocycles. The van der Waals surface area contributed by atoms with Crippen molar-refractivity contribution in [2.24, 2.45) is 0 Å². The molecule has 0 aliphatic rings. The lowest BCUT2D eigenvalue weighted by Crippen LogP contribution is -2.17. The van der Waals surface area contributed by atoms with E-state index in [0.29, 0.717) is 28.0 Å². The van der Waals surface area contributed by atoms with Crippen molar-refractivity contribution < 1.29 is 18.6 Å². The Balaban J connectivity index is 1.52. The van der Waals surface area contributed by atoms with Gasteiger partial charge in [-0.25, -0.2) is 4.39 Å². The molecule has 0 saturated carbocycles. The molecule has 0 bridgehead atoms. The van der Waals surface area contributed by atoms with Crippen LogP contribution >= 0.6 is 15.9 Å². The number of nitrogens with zero attached hydrogens (tertiary/aromatic N) is 6. The standard InChI is InChI=1S/C20H17BrFN7O4/c1-11-7-17(29(31)32)24-28(11)9-15-12(2)33-26-18(15)20(30)23-19-16(21)10-27(25-19)8-13-3-5-14(22)6-4-13/h3-7,10H,8-9H2,1-2H3,(H,23,25,30). The number of halogens is 2. The number of carbonyl (C=O) groups is 1. The van der Waals surface area contributed by atoms with E-state index in [0.717, 1.165) is 5.56 Å². The highest BCUT2D eigenvalue weighted by molar-refractivity contribution is 9.10. The van der Waals surface area contributed by atoms with Gasteiger partial charge in [0.25, 0.3) is 5.91 Å². The van der Waals surface area contributed by atoms with Crippen LogP contribution in [0.3, 0.4) is 0 Å². The summed E-state index contributed by atoms with van der Waals surface area (Å²) in [4.78, 5) is 23.3. The van der Waals surface area contributed by atoms with E-state index in [1.54, 1.807) is 36.9 Å². The van der Waals surface area contributed by atoms with Crippen LogP contribution in [0.5, 0.6) is 0 Å². The van der Waals surface area contributed by atoms with Crippen molar-refractivity contribution in [3.05, 3.63) is 85.2 Å². The largest absolute Gasteiger partial charge is 0.390 e. The van der Waals surface area contributed by atoms with E-state index < -0.39 is 10.8 Å². The van der Waals surface area contributed by atoms with E-state index in [-0.39, 0.29) is 29.7 Å². The number of benzene rings is 1. The zero-order chi connectivity index (χ0) is 23.7. The Hall–Kier alpha value is -3.87. The predicted octanol–water partition coefficient (Wildman–Crippen LogP) is 3.84. The van der Waals surface area contributed by atoms with Crippen LogP contribution in [0.25, 0.3) is 0 Å². The molecule has 170 valence electrons. The molecule has 3 heterocycles. The number of aryl methyl sites for hydroxylation is 2. The van der Waals surface area contributed by atoms with Crippen LogP contribution in [0.15, 0.2) is 45.5 Å². The third kappa shape index (κ3) is 4.82. The van der Waals surface area contributed by atoms with E-state index in [2.05, 4.69) is 36.6 Å². The number of carbonyl (C=O) groups excluding carboxylic acids is 1. The topological polar surface area (TPSA) is 134 Å². The summed E-state index contributed by atoms with van der Waals surface area (Å²) in [6.07, 6.45) is 1.68. The second kappa shape index (κ2) is 8.94. The number of nitrogens with one attached hydrogen (secondary N) is 1. The molecule has 3 aromatic heterocycles. The summed E-state index contributed by atoms with van der Waals surface area (Å²) in [6, 6.07) is 7.36. The second-order valence-electron chi connectivity index (χ2n) is 7.23. The van der Waals surface area contributed by atoms with Gasteiger partial charge in [-0.2, -0.15) is 9.78 Å². The van der Waals surface area contributed by atoms with Crippen molar-refractivity contribution in [1.82, 2.24) is 24.7 Å². The van der Waals surface area contributed by atoms with E-state index in [1.165, 1.54) is 22.9 Å². The molecule has 1 aromatic carbocycles. The zero-order valence-electron chi connectivity index (χ0n) is 17.5. The molecule has 0 saturated heterocycles. The highest BCUT2D eigenvalue weighted by Crippen LogP contribution is 2.23. The Morgan fingerprint density at radius 2 is 1.97 bits per heavy atom. The fourth-order valence-electron chi connectivity index (χ4n) is 3.15. The summed E-state index contributed by atoms with van der Waals surface area (Å²) >= 11 is 3.37. The number of rotatable bonds is 7. The summed E-state index contributed by atoms with van der Waals surface area (Å²) in [5.74, 6) is -0.526. The van der Waals surface area contributed by atoms with Gasteiger partial charge in [0, 0.05) is 6.20 Å². The fourth-order valence-corrected chi connectivity index (χ4v) is 3.57. The maximum absolute atomic E-state index is 13.1. The van der Waals surface area contributed by atoms with E-state index in [1.807, 2.05) is 0 Å². The van der Waals surface area contributed by atoms with Crippen LogP contribution in [0.2, 0.25) is 0 Å². The molecule has 0 spiro atoms. The molecule has 11 nitrogen and oxygen atoms in total. The van der Waals surface area contributed by atoms with Crippen LogP contribution in [0.4, 0.5) is 16.0 Å². The molecular weight excluding hydrogens is 501 g/mol. The van der Waals surface area contributed by atoms with Gasteiger partial charge in [-0.15, -0.1) is 0 Å². The van der Waals surface area contributed by atoms with Crippen LogP contribution in [0, 0.1) is 29.8 Å². The highest BCUT2D eigenvalue weighted by Gasteiger charge is 2.25. The van der Waals surface area contributed by atoms with Crippen molar-refractivity contribution in [2.45, 2.75) is 26.9 Å². The second-order valence-corrected chi connectivity index (χ2v) is 8.08. The molecule has 0 aliphatic heterocycles. The number of hydrogen-bond donors (Lipinski definition) is 1. The van der Waals surface area contributed by atoms with Gasteiger partial charge in [0.05, 0.1) is 40.0 Å². The Morgan fingerprint density at radius 3 is 2.64 bits per heavy atom. The van der Waals surface area contributed by atoms with Crippen molar-refractivity contribution >= 4 is 33.5 Å². The third-order valence-corrected chi connectivity index (χ3v) is 5.45. The number of amides is 1. The summed E-state index contributed by atoms with van der Waals surface area (Å²) in [7, 11) is 0. The minimum Gasteiger partial charge on any atom is -0.361 e. The third-order valence-electron chi connectivity index (χ3n) is 4.87. The number of aromatic nitrogens is 5. The van der Waals surface area contributed by atoms with E-state index in [9.17, 15) is 19.3 Å². The maximum atomic E-state index is 13.1. The van der Waals surface area contributed by atoms with E-state index in [4.69, 9.17) is 4.52 Å². The molecular formula is C20H17BrFN7O4. The molecule has 4 rings (SSSR count). The quantitative estimate of drug-likeness (QED) is 0.290. The molecule has 0 unspecified atom stereocenters. The van der Waals surface area contributed by atoms with Gasteiger partial charge in [0.15, 0.2) is 11.5 Å². The average Bonchev–Trinajstić information content (AvgIpc) is 3.42. The summed E-state index contributed by atoms with van der Waals surface area (Å²) in [5, 5.41) is 25.8. The lowest BCUT2D eigenvalue weighted by atomic mass is 10.2. The molecule has 1 N–H and O–H groups in total. The fraction of sp³-hybridized carbons (Fsp3) is 0.200. The van der Waals surface area contributed by atoms with Crippen molar-refractivity contribution in [1.29, 1.82) is 0 Å². The minimum absolute atomic E-state index is 0.0186. The SMILES string of the molecule is Cc1onc(C(=O)Nc2nn(Cc3ccc(F)cc3)cc2Br)c1Cn1nc([N+](=O)[O-])cc1C. The Bertz CT molecular complexity index is 1340. The molecule has 13 heteroatoms.